The maximum atomic E-state index is 12.8. The summed E-state index contributed by atoms with van der Waals surface area (Å²) in [4.78, 5) is 8.96. The summed E-state index contributed by atoms with van der Waals surface area (Å²) in [5, 5.41) is 2.80. The van der Waals surface area contributed by atoms with Crippen LogP contribution in [0.25, 0.3) is 0 Å². The Morgan fingerprint density at radius 1 is 1.23 bits per heavy atom. The van der Waals surface area contributed by atoms with E-state index in [9.17, 15) is 8.42 Å². The minimum Gasteiger partial charge on any atom is -0.367 e. The summed E-state index contributed by atoms with van der Waals surface area (Å²) in [6, 6.07) is 15.5. The van der Waals surface area contributed by atoms with Crippen molar-refractivity contribution in [2.75, 3.05) is 25.0 Å². The van der Waals surface area contributed by atoms with Gasteiger partial charge >= 0.3 is 0 Å². The lowest BCUT2D eigenvalue weighted by Gasteiger charge is -2.38. The van der Waals surface area contributed by atoms with E-state index in [0.29, 0.717) is 10.0 Å². The number of aromatic nitrogens is 1. The van der Waals surface area contributed by atoms with Gasteiger partial charge in [0.1, 0.15) is 10.8 Å². The predicted octanol–water partition coefficient (Wildman–Crippen LogP) is 4.87. The third-order valence-corrected chi connectivity index (χ3v) is 8.92. The number of sulfone groups is 1. The molecule has 0 radical (unpaired) electrons. The Balaban J connectivity index is 1.49. The Labute approximate surface area is 193 Å². The fraction of sp³-hybridized carbons (Fsp3) is 0.348. The number of likely N-dealkylation sites (tertiary alicyclic amines) is 1. The Hall–Kier alpha value is -1.93. The Morgan fingerprint density at radius 2 is 2.00 bits per heavy atom. The maximum Gasteiger partial charge on any atom is 0.184 e. The van der Waals surface area contributed by atoms with Crippen LogP contribution in [0.4, 0.5) is 5.69 Å². The molecule has 1 aliphatic heterocycles. The molecule has 2 aromatic carbocycles. The number of thiazole rings is 1. The van der Waals surface area contributed by atoms with Crippen molar-refractivity contribution < 1.29 is 8.42 Å². The number of anilines is 1. The fourth-order valence-corrected chi connectivity index (χ4v) is 6.75. The van der Waals surface area contributed by atoms with E-state index in [4.69, 9.17) is 11.6 Å². The van der Waals surface area contributed by atoms with E-state index >= 15 is 0 Å². The molecule has 0 bridgehead atoms. The Bertz CT molecular complexity index is 1140. The van der Waals surface area contributed by atoms with Gasteiger partial charge in [0.25, 0.3) is 0 Å². The van der Waals surface area contributed by atoms with Crippen LogP contribution in [-0.2, 0) is 22.1 Å². The van der Waals surface area contributed by atoms with Crippen LogP contribution < -0.4 is 4.90 Å². The molecule has 0 N–H and O–H groups in total. The molecule has 1 aliphatic rings. The number of rotatable bonds is 7. The van der Waals surface area contributed by atoms with Gasteiger partial charge in [0.05, 0.1) is 21.1 Å². The summed E-state index contributed by atoms with van der Waals surface area (Å²) in [5.74, 6) is -0.109. The third-order valence-electron chi connectivity index (χ3n) is 6.03. The quantitative estimate of drug-likeness (QED) is 0.488. The molecule has 31 heavy (non-hydrogen) atoms. The summed E-state index contributed by atoms with van der Waals surface area (Å²) >= 11 is 7.92. The standard InChI is InChI=1S/C23H26ClN3O2S2/c1-23(10-12-27(17-23)15-18-6-4-3-5-7-18)26(2)21-9-8-19(14-20(21)24)31(28,29)16-22-25-11-13-30-22/h3-9,11,13-14H,10,12,15-17H2,1-2H3. The molecule has 0 aliphatic carbocycles. The molecular formula is C23H26ClN3O2S2. The van der Waals surface area contributed by atoms with Crippen molar-refractivity contribution in [1.29, 1.82) is 0 Å². The van der Waals surface area contributed by atoms with Gasteiger partial charge in [-0.2, -0.15) is 0 Å². The Kier molecular flexibility index (Phi) is 6.40. The van der Waals surface area contributed by atoms with Crippen molar-refractivity contribution in [3.05, 3.63) is 75.7 Å². The first-order valence-electron chi connectivity index (χ1n) is 10.2. The fourth-order valence-electron chi connectivity index (χ4n) is 4.10. The van der Waals surface area contributed by atoms with Crippen molar-refractivity contribution in [2.45, 2.75) is 36.1 Å². The predicted molar refractivity (Wildman–Crippen MR) is 128 cm³/mol. The van der Waals surface area contributed by atoms with Crippen molar-refractivity contribution >= 4 is 38.5 Å². The molecule has 0 amide bonds. The number of benzene rings is 2. The molecule has 1 fully saturated rings. The molecule has 1 atom stereocenters. The first kappa shape index (κ1) is 22.3. The molecule has 3 aromatic rings. The highest BCUT2D eigenvalue weighted by Crippen LogP contribution is 2.36. The molecule has 8 heteroatoms. The van der Waals surface area contributed by atoms with E-state index < -0.39 is 9.84 Å². The van der Waals surface area contributed by atoms with Crippen LogP contribution in [0.5, 0.6) is 0 Å². The average molecular weight is 476 g/mol. The SMILES string of the molecule is CN(c1ccc(S(=O)(=O)Cc2nccs2)cc1Cl)C1(C)CCN(Cc2ccccc2)C1. The van der Waals surface area contributed by atoms with Gasteiger partial charge < -0.3 is 4.90 Å². The topological polar surface area (TPSA) is 53.5 Å². The van der Waals surface area contributed by atoms with Gasteiger partial charge in [0, 0.05) is 38.3 Å². The molecule has 4 rings (SSSR count). The summed E-state index contributed by atoms with van der Waals surface area (Å²) in [5.41, 5.74) is 2.07. The highest BCUT2D eigenvalue weighted by Gasteiger charge is 2.38. The number of halogens is 1. The second kappa shape index (κ2) is 8.90. The number of hydrogen-bond acceptors (Lipinski definition) is 6. The molecule has 0 spiro atoms. The highest BCUT2D eigenvalue weighted by atomic mass is 35.5. The van der Waals surface area contributed by atoms with Crippen LogP contribution in [-0.4, -0.2) is 44.0 Å². The minimum atomic E-state index is -3.49. The molecule has 1 saturated heterocycles. The van der Waals surface area contributed by atoms with Crippen molar-refractivity contribution in [3.63, 3.8) is 0 Å². The molecule has 164 valence electrons. The zero-order valence-electron chi connectivity index (χ0n) is 17.7. The summed E-state index contributed by atoms with van der Waals surface area (Å²) in [7, 11) is -1.45. The van der Waals surface area contributed by atoms with Gasteiger partial charge in [0.15, 0.2) is 9.84 Å². The summed E-state index contributed by atoms with van der Waals surface area (Å²) in [6.07, 6.45) is 2.63. The van der Waals surface area contributed by atoms with Crippen LogP contribution in [0.15, 0.2) is 65.0 Å². The van der Waals surface area contributed by atoms with Gasteiger partial charge in [-0.05, 0) is 37.1 Å². The van der Waals surface area contributed by atoms with Crippen LogP contribution in [0.1, 0.15) is 23.9 Å². The second-order valence-corrected chi connectivity index (χ2v) is 11.7. The number of nitrogens with zero attached hydrogens (tertiary/aromatic N) is 3. The average Bonchev–Trinajstić information content (AvgIpc) is 3.38. The smallest absolute Gasteiger partial charge is 0.184 e. The normalized spacial score (nSPS) is 19.6. The lowest BCUT2D eigenvalue weighted by molar-refractivity contribution is 0.306. The maximum absolute atomic E-state index is 12.8. The van der Waals surface area contributed by atoms with Crippen molar-refractivity contribution in [2.24, 2.45) is 0 Å². The highest BCUT2D eigenvalue weighted by molar-refractivity contribution is 7.90. The Morgan fingerprint density at radius 3 is 2.68 bits per heavy atom. The zero-order chi connectivity index (χ0) is 22.1. The lowest BCUT2D eigenvalue weighted by atomic mass is 9.98. The number of hydrogen-bond donors (Lipinski definition) is 0. The van der Waals surface area contributed by atoms with E-state index in [1.165, 1.54) is 16.9 Å². The second-order valence-electron chi connectivity index (χ2n) is 8.30. The van der Waals surface area contributed by atoms with Crippen LogP contribution in [0, 0.1) is 0 Å². The molecular weight excluding hydrogens is 450 g/mol. The van der Waals surface area contributed by atoms with E-state index in [-0.39, 0.29) is 16.2 Å². The van der Waals surface area contributed by atoms with Crippen molar-refractivity contribution in [1.82, 2.24) is 9.88 Å². The third kappa shape index (κ3) is 4.95. The largest absolute Gasteiger partial charge is 0.367 e. The van der Waals surface area contributed by atoms with Crippen LogP contribution in [0.2, 0.25) is 5.02 Å². The van der Waals surface area contributed by atoms with E-state index in [0.717, 1.165) is 31.7 Å². The first-order chi connectivity index (χ1) is 14.8. The van der Waals surface area contributed by atoms with Crippen molar-refractivity contribution in [3.8, 4) is 0 Å². The van der Waals surface area contributed by atoms with Crippen LogP contribution >= 0.6 is 22.9 Å². The lowest BCUT2D eigenvalue weighted by Crippen LogP contribution is -2.46. The van der Waals surface area contributed by atoms with E-state index in [1.807, 2.05) is 19.2 Å². The number of likely N-dealkylation sites (N-methyl/N-ethyl adjacent to an activating group) is 1. The molecule has 2 heterocycles. The van der Waals surface area contributed by atoms with E-state index in [2.05, 4.69) is 46.0 Å². The summed E-state index contributed by atoms with van der Waals surface area (Å²) in [6.45, 7) is 5.08. The molecule has 0 saturated carbocycles. The monoisotopic (exact) mass is 475 g/mol. The van der Waals surface area contributed by atoms with Crippen LogP contribution in [0.3, 0.4) is 0 Å². The van der Waals surface area contributed by atoms with Gasteiger partial charge in [-0.1, -0.05) is 41.9 Å². The van der Waals surface area contributed by atoms with Gasteiger partial charge in [-0.25, -0.2) is 13.4 Å². The van der Waals surface area contributed by atoms with Gasteiger partial charge in [-0.15, -0.1) is 11.3 Å². The molecule has 1 unspecified atom stereocenters. The molecule has 5 nitrogen and oxygen atoms in total. The minimum absolute atomic E-state index is 0.0836. The molecule has 1 aromatic heterocycles. The zero-order valence-corrected chi connectivity index (χ0v) is 20.1. The van der Waals surface area contributed by atoms with E-state index in [1.54, 1.807) is 23.7 Å². The summed E-state index contributed by atoms with van der Waals surface area (Å²) < 4.78 is 25.5. The van der Waals surface area contributed by atoms with Gasteiger partial charge in [0.2, 0.25) is 0 Å². The first-order valence-corrected chi connectivity index (χ1v) is 13.1. The van der Waals surface area contributed by atoms with Gasteiger partial charge in [-0.3, -0.25) is 4.90 Å².